The summed E-state index contributed by atoms with van der Waals surface area (Å²) in [5, 5.41) is 6.12. The van der Waals surface area contributed by atoms with Crippen molar-refractivity contribution >= 4 is 43.1 Å². The maximum atomic E-state index is 13.4. The fourth-order valence-corrected chi connectivity index (χ4v) is 5.64. The highest BCUT2D eigenvalue weighted by Crippen LogP contribution is 2.33. The second kappa shape index (κ2) is 8.51. The maximum Gasteiger partial charge on any atom is 0.276 e. The molecule has 7 nitrogen and oxygen atoms in total. The molecule has 0 N–H and O–H groups in total. The number of ether oxygens (including phenoxy) is 1. The first-order valence-electron chi connectivity index (χ1n) is 11.1. The topological polar surface area (TPSA) is 67.7 Å². The molecule has 2 aromatic carbocycles. The lowest BCUT2D eigenvalue weighted by Crippen LogP contribution is -2.51. The van der Waals surface area contributed by atoms with E-state index >= 15 is 0 Å². The van der Waals surface area contributed by atoms with Gasteiger partial charge in [0.25, 0.3) is 5.56 Å². The first-order chi connectivity index (χ1) is 16.0. The number of aromatic nitrogens is 2. The van der Waals surface area contributed by atoms with Crippen LogP contribution in [0.25, 0.3) is 20.2 Å². The van der Waals surface area contributed by atoms with E-state index in [2.05, 4.69) is 16.1 Å². The van der Waals surface area contributed by atoms with Crippen LogP contribution >= 0.6 is 11.3 Å². The summed E-state index contributed by atoms with van der Waals surface area (Å²) >= 11 is 1.57. The second-order valence-electron chi connectivity index (χ2n) is 8.33. The Bertz CT molecular complexity index is 1400. The number of piperazine rings is 1. The third-order valence-corrected chi connectivity index (χ3v) is 7.62. The van der Waals surface area contributed by atoms with Crippen molar-refractivity contribution in [1.29, 1.82) is 0 Å². The van der Waals surface area contributed by atoms with Crippen LogP contribution in [-0.4, -0.2) is 53.9 Å². The summed E-state index contributed by atoms with van der Waals surface area (Å²) in [6.45, 7) is 6.31. The van der Waals surface area contributed by atoms with E-state index < -0.39 is 6.04 Å². The van der Waals surface area contributed by atoms with Gasteiger partial charge in [-0.25, -0.2) is 4.68 Å². The van der Waals surface area contributed by atoms with Gasteiger partial charge in [-0.15, -0.1) is 11.3 Å². The van der Waals surface area contributed by atoms with Crippen molar-refractivity contribution in [2.24, 2.45) is 0 Å². The van der Waals surface area contributed by atoms with Gasteiger partial charge in [-0.3, -0.25) is 9.59 Å². The molecule has 1 atom stereocenters. The van der Waals surface area contributed by atoms with E-state index in [0.29, 0.717) is 18.5 Å². The van der Waals surface area contributed by atoms with Crippen molar-refractivity contribution in [1.82, 2.24) is 14.7 Å². The SMILES string of the molecule is COc1cccc(N2CCN(C(=O)[C@@H](C)n3nc(C)c4sc5ccccc5c4c3=O)CC2)c1. The number of hydrogen-bond donors (Lipinski definition) is 0. The van der Waals surface area contributed by atoms with Crippen LogP contribution in [0.1, 0.15) is 18.7 Å². The second-order valence-corrected chi connectivity index (χ2v) is 9.38. The van der Waals surface area contributed by atoms with Gasteiger partial charge in [0.05, 0.1) is 22.9 Å². The molecular formula is C25H26N4O3S. The van der Waals surface area contributed by atoms with Crippen LogP contribution in [-0.2, 0) is 4.79 Å². The molecule has 8 heteroatoms. The van der Waals surface area contributed by atoms with E-state index in [1.54, 1.807) is 25.4 Å². The predicted octanol–water partition coefficient (Wildman–Crippen LogP) is 3.84. The number of rotatable bonds is 4. The van der Waals surface area contributed by atoms with Gasteiger partial charge in [0.1, 0.15) is 11.8 Å². The van der Waals surface area contributed by atoms with Gasteiger partial charge < -0.3 is 14.5 Å². The van der Waals surface area contributed by atoms with Gasteiger partial charge in [0.2, 0.25) is 5.91 Å². The summed E-state index contributed by atoms with van der Waals surface area (Å²) < 4.78 is 8.64. The van der Waals surface area contributed by atoms with E-state index in [4.69, 9.17) is 4.74 Å². The van der Waals surface area contributed by atoms with Crippen LogP contribution < -0.4 is 15.2 Å². The van der Waals surface area contributed by atoms with Crippen LogP contribution in [0, 0.1) is 6.92 Å². The molecule has 2 aromatic heterocycles. The standard InChI is InChI=1S/C25H26N4O3S/c1-16-23-22(20-9-4-5-10-21(20)33-23)25(31)29(26-16)17(2)24(30)28-13-11-27(12-14-28)18-7-6-8-19(15-18)32-3/h4-10,15,17H,11-14H2,1-3H3/t17-/m1/s1. The first-order valence-corrected chi connectivity index (χ1v) is 11.9. The fourth-order valence-electron chi connectivity index (χ4n) is 4.50. The van der Waals surface area contributed by atoms with Gasteiger partial charge in [0, 0.05) is 48.0 Å². The monoisotopic (exact) mass is 462 g/mol. The smallest absolute Gasteiger partial charge is 0.276 e. The van der Waals surface area contributed by atoms with Crippen molar-refractivity contribution in [3.8, 4) is 5.75 Å². The molecule has 4 aromatic rings. The molecule has 1 amide bonds. The van der Waals surface area contributed by atoms with Crippen molar-refractivity contribution in [3.05, 3.63) is 64.6 Å². The molecule has 3 heterocycles. The Balaban J connectivity index is 1.38. The summed E-state index contributed by atoms with van der Waals surface area (Å²) in [5.74, 6) is 0.741. The minimum absolute atomic E-state index is 0.0758. The van der Waals surface area contributed by atoms with Crippen LogP contribution in [0.15, 0.2) is 53.3 Å². The number of hydrogen-bond acceptors (Lipinski definition) is 6. The molecule has 170 valence electrons. The molecule has 1 fully saturated rings. The Hall–Kier alpha value is -3.39. The van der Waals surface area contributed by atoms with E-state index in [-0.39, 0.29) is 11.5 Å². The fraction of sp³-hybridized carbons (Fsp3) is 0.320. The predicted molar refractivity (Wildman–Crippen MR) is 133 cm³/mol. The zero-order valence-corrected chi connectivity index (χ0v) is 19.8. The summed E-state index contributed by atoms with van der Waals surface area (Å²) in [6.07, 6.45) is 0. The first kappa shape index (κ1) is 21.5. The van der Waals surface area contributed by atoms with Crippen LogP contribution in [0.2, 0.25) is 0 Å². The highest BCUT2D eigenvalue weighted by Gasteiger charge is 2.28. The van der Waals surface area contributed by atoms with E-state index in [9.17, 15) is 9.59 Å². The molecule has 33 heavy (non-hydrogen) atoms. The molecular weight excluding hydrogens is 436 g/mol. The molecule has 0 spiro atoms. The summed E-state index contributed by atoms with van der Waals surface area (Å²) in [4.78, 5) is 30.8. The van der Waals surface area contributed by atoms with Crippen LogP contribution in [0.5, 0.6) is 5.75 Å². The van der Waals surface area contributed by atoms with Crippen molar-refractivity contribution in [2.45, 2.75) is 19.9 Å². The van der Waals surface area contributed by atoms with Crippen molar-refractivity contribution < 1.29 is 9.53 Å². The highest BCUT2D eigenvalue weighted by molar-refractivity contribution is 7.26. The normalized spacial score (nSPS) is 15.2. The number of thiophene rings is 1. The Morgan fingerprint density at radius 3 is 2.61 bits per heavy atom. The summed E-state index contributed by atoms with van der Waals surface area (Å²) in [6, 6.07) is 15.2. The average molecular weight is 463 g/mol. The number of nitrogens with zero attached hydrogens (tertiary/aromatic N) is 4. The quantitative estimate of drug-likeness (QED) is 0.461. The molecule has 1 aliphatic rings. The number of fused-ring (bicyclic) bond motifs is 3. The molecule has 0 bridgehead atoms. The van der Waals surface area contributed by atoms with Crippen molar-refractivity contribution in [3.63, 3.8) is 0 Å². The Morgan fingerprint density at radius 2 is 1.85 bits per heavy atom. The minimum Gasteiger partial charge on any atom is -0.497 e. The van der Waals surface area contributed by atoms with Crippen molar-refractivity contribution in [2.75, 3.05) is 38.2 Å². The van der Waals surface area contributed by atoms with E-state index in [0.717, 1.165) is 45.0 Å². The van der Waals surface area contributed by atoms with E-state index in [1.807, 2.05) is 54.3 Å². The largest absolute Gasteiger partial charge is 0.497 e. The number of methoxy groups -OCH3 is 1. The number of amides is 1. The maximum absolute atomic E-state index is 13.4. The number of carbonyl (C=O) groups excluding carboxylic acids is 1. The summed E-state index contributed by atoms with van der Waals surface area (Å²) in [5.41, 5.74) is 1.65. The van der Waals surface area contributed by atoms with Gasteiger partial charge in [-0.2, -0.15) is 5.10 Å². The van der Waals surface area contributed by atoms with E-state index in [1.165, 1.54) is 4.68 Å². The Morgan fingerprint density at radius 1 is 1.09 bits per heavy atom. The average Bonchev–Trinajstić information content (AvgIpc) is 3.26. The third kappa shape index (κ3) is 3.74. The minimum atomic E-state index is -0.664. The number of carbonyl (C=O) groups is 1. The molecule has 0 aliphatic carbocycles. The molecule has 0 radical (unpaired) electrons. The van der Waals surface area contributed by atoms with Gasteiger partial charge in [-0.05, 0) is 32.0 Å². The summed E-state index contributed by atoms with van der Waals surface area (Å²) in [7, 11) is 1.66. The molecule has 0 saturated carbocycles. The highest BCUT2D eigenvalue weighted by atomic mass is 32.1. The number of aryl methyl sites for hydroxylation is 1. The van der Waals surface area contributed by atoms with Gasteiger partial charge in [0.15, 0.2) is 0 Å². The Kier molecular flexibility index (Phi) is 5.54. The number of benzene rings is 2. The molecule has 0 unspecified atom stereocenters. The molecule has 5 rings (SSSR count). The number of anilines is 1. The van der Waals surface area contributed by atoms with Crippen LogP contribution in [0.4, 0.5) is 5.69 Å². The zero-order chi connectivity index (χ0) is 23.1. The zero-order valence-electron chi connectivity index (χ0n) is 18.9. The Labute approximate surface area is 195 Å². The van der Waals surface area contributed by atoms with Gasteiger partial charge >= 0.3 is 0 Å². The molecule has 1 aliphatic heterocycles. The van der Waals surface area contributed by atoms with Gasteiger partial charge in [-0.1, -0.05) is 24.3 Å². The lowest BCUT2D eigenvalue weighted by molar-refractivity contribution is -0.135. The lowest BCUT2D eigenvalue weighted by Gasteiger charge is -2.37. The molecule has 1 saturated heterocycles. The lowest BCUT2D eigenvalue weighted by atomic mass is 10.1. The van der Waals surface area contributed by atoms with Crippen LogP contribution in [0.3, 0.4) is 0 Å². The third-order valence-electron chi connectivity index (χ3n) is 6.34.